The fraction of sp³-hybridized carbons (Fsp3) is 0.286. The van der Waals surface area contributed by atoms with E-state index in [-0.39, 0.29) is 16.8 Å². The highest BCUT2D eigenvalue weighted by Gasteiger charge is 2.32. The molecular formula is C21H20N2O3S. The highest BCUT2D eigenvalue weighted by Crippen LogP contribution is 2.35. The Hall–Kier alpha value is -2.73. The molecule has 1 aliphatic carbocycles. The molecule has 1 N–H and O–H groups in total. The number of pyridine rings is 1. The van der Waals surface area contributed by atoms with Gasteiger partial charge in [-0.15, -0.1) is 11.3 Å². The first-order valence-electron chi connectivity index (χ1n) is 8.76. The molecule has 27 heavy (non-hydrogen) atoms. The number of carbonyl (C=O) groups excluding carboxylic acids is 1. The lowest BCUT2D eigenvalue weighted by molar-refractivity contribution is 0.0910. The maximum absolute atomic E-state index is 12.6. The topological polar surface area (TPSA) is 72.1 Å². The Balaban J connectivity index is 1.72. The van der Waals surface area contributed by atoms with Crippen molar-refractivity contribution in [1.82, 2.24) is 9.97 Å². The van der Waals surface area contributed by atoms with Crippen molar-refractivity contribution in [2.24, 2.45) is 5.41 Å². The van der Waals surface area contributed by atoms with Gasteiger partial charge in [0.1, 0.15) is 10.8 Å². The number of nitrogens with one attached hydrogen (secondary N) is 1. The van der Waals surface area contributed by atoms with E-state index in [2.05, 4.69) is 9.97 Å². The summed E-state index contributed by atoms with van der Waals surface area (Å²) in [7, 11) is 1.63. The Bertz CT molecular complexity index is 1080. The lowest BCUT2D eigenvalue weighted by atomic mass is 9.75. The van der Waals surface area contributed by atoms with Crippen molar-refractivity contribution in [1.29, 1.82) is 0 Å². The smallest absolute Gasteiger partial charge is 0.258 e. The first-order chi connectivity index (χ1) is 12.9. The number of hydrogen-bond acceptors (Lipinski definition) is 5. The zero-order chi connectivity index (χ0) is 19.2. The first kappa shape index (κ1) is 17.7. The van der Waals surface area contributed by atoms with Gasteiger partial charge in [0.15, 0.2) is 5.78 Å². The summed E-state index contributed by atoms with van der Waals surface area (Å²) in [6, 6.07) is 9.32. The molecule has 0 saturated heterocycles. The number of aromatic amines is 1. The molecule has 0 fully saturated rings. The van der Waals surface area contributed by atoms with Crippen molar-refractivity contribution >= 4 is 17.1 Å². The second kappa shape index (κ2) is 6.46. The number of fused-ring (bicyclic) bond motifs is 1. The van der Waals surface area contributed by atoms with Crippen LogP contribution in [0.3, 0.4) is 0 Å². The number of rotatable bonds is 3. The molecule has 0 radical (unpaired) electrons. The van der Waals surface area contributed by atoms with Gasteiger partial charge in [-0.2, -0.15) is 0 Å². The maximum Gasteiger partial charge on any atom is 0.258 e. The molecule has 6 heteroatoms. The number of Topliss-reactive ketones (excluding diaryl/α,β-unsaturated/α-hetero) is 1. The van der Waals surface area contributed by atoms with Crippen LogP contribution in [-0.2, 0) is 6.42 Å². The Morgan fingerprint density at radius 2 is 1.85 bits per heavy atom. The average molecular weight is 380 g/mol. The molecule has 0 saturated carbocycles. The van der Waals surface area contributed by atoms with Gasteiger partial charge in [-0.25, -0.2) is 4.98 Å². The maximum atomic E-state index is 12.6. The van der Waals surface area contributed by atoms with Crippen LogP contribution in [0, 0.1) is 5.41 Å². The summed E-state index contributed by atoms with van der Waals surface area (Å²) in [5.41, 5.74) is 3.22. The summed E-state index contributed by atoms with van der Waals surface area (Å²) in [6.45, 7) is 4.09. The minimum absolute atomic E-state index is 0.0747. The van der Waals surface area contributed by atoms with Gasteiger partial charge in [0.2, 0.25) is 0 Å². The lowest BCUT2D eigenvalue weighted by Gasteiger charge is -2.29. The summed E-state index contributed by atoms with van der Waals surface area (Å²) in [5, 5.41) is 2.53. The molecular weight excluding hydrogens is 360 g/mol. The number of thiazole rings is 1. The summed E-state index contributed by atoms with van der Waals surface area (Å²) in [6.07, 6.45) is 1.18. The van der Waals surface area contributed by atoms with Crippen LogP contribution in [0.25, 0.3) is 21.8 Å². The molecule has 4 rings (SSSR count). The second-order valence-corrected chi connectivity index (χ2v) is 8.47. The van der Waals surface area contributed by atoms with Gasteiger partial charge in [0, 0.05) is 28.6 Å². The molecule has 0 bridgehead atoms. The van der Waals surface area contributed by atoms with Gasteiger partial charge in [-0.1, -0.05) is 13.8 Å². The first-order valence-corrected chi connectivity index (χ1v) is 9.64. The number of carbonyl (C=O) groups is 1. The average Bonchev–Trinajstić information content (AvgIpc) is 3.10. The van der Waals surface area contributed by atoms with E-state index in [9.17, 15) is 9.59 Å². The standard InChI is InChI=1S/C21H20N2O3S/c1-21(2)9-16-14(18(24)10-21)8-15(19(25)22-16)20-23-17(11-27-20)12-4-6-13(26-3)7-5-12/h4-8,11H,9-10H2,1-3H3,(H,22,25). The Labute approximate surface area is 161 Å². The number of aromatic nitrogens is 2. The number of nitrogens with zero attached hydrogens (tertiary/aromatic N) is 1. The summed E-state index contributed by atoms with van der Waals surface area (Å²) in [4.78, 5) is 32.7. The largest absolute Gasteiger partial charge is 0.497 e. The Morgan fingerprint density at radius 1 is 1.11 bits per heavy atom. The van der Waals surface area contributed by atoms with Crippen molar-refractivity contribution in [2.75, 3.05) is 7.11 Å². The fourth-order valence-corrected chi connectivity index (χ4v) is 4.32. The van der Waals surface area contributed by atoms with Crippen molar-refractivity contribution in [3.8, 4) is 27.6 Å². The molecule has 138 valence electrons. The van der Waals surface area contributed by atoms with Gasteiger partial charge < -0.3 is 9.72 Å². The normalized spacial score (nSPS) is 15.4. The highest BCUT2D eigenvalue weighted by atomic mass is 32.1. The number of hydrogen-bond donors (Lipinski definition) is 1. The predicted octanol–water partition coefficient (Wildman–Crippen LogP) is 4.33. The molecule has 0 atom stereocenters. The molecule has 0 unspecified atom stereocenters. The van der Waals surface area contributed by atoms with E-state index < -0.39 is 0 Å². The summed E-state index contributed by atoms with van der Waals surface area (Å²) < 4.78 is 5.18. The SMILES string of the molecule is COc1ccc(-c2csc(-c3cc4c([nH]c3=O)CC(C)(C)CC4=O)n2)cc1. The van der Waals surface area contributed by atoms with Gasteiger partial charge in [0.05, 0.1) is 18.4 Å². The van der Waals surface area contributed by atoms with Crippen LogP contribution < -0.4 is 10.3 Å². The zero-order valence-electron chi connectivity index (χ0n) is 15.5. The summed E-state index contributed by atoms with van der Waals surface area (Å²) in [5.74, 6) is 0.854. The van der Waals surface area contributed by atoms with Gasteiger partial charge in [-0.05, 0) is 42.2 Å². The number of benzene rings is 1. The van der Waals surface area contributed by atoms with E-state index in [0.29, 0.717) is 29.0 Å². The third kappa shape index (κ3) is 3.32. The predicted molar refractivity (Wildman–Crippen MR) is 107 cm³/mol. The third-order valence-corrected chi connectivity index (χ3v) is 5.71. The van der Waals surface area contributed by atoms with E-state index >= 15 is 0 Å². The molecule has 5 nitrogen and oxygen atoms in total. The van der Waals surface area contributed by atoms with E-state index in [1.54, 1.807) is 13.2 Å². The molecule has 1 aliphatic rings. The number of H-pyrrole nitrogens is 1. The van der Waals surface area contributed by atoms with Crippen LogP contribution in [0.15, 0.2) is 40.5 Å². The van der Waals surface area contributed by atoms with Crippen molar-refractivity contribution in [3.05, 3.63) is 57.3 Å². The van der Waals surface area contributed by atoms with E-state index in [0.717, 1.165) is 22.7 Å². The number of ketones is 1. The van der Waals surface area contributed by atoms with Gasteiger partial charge in [0.25, 0.3) is 5.56 Å². The van der Waals surface area contributed by atoms with E-state index in [1.807, 2.05) is 43.5 Å². The highest BCUT2D eigenvalue weighted by molar-refractivity contribution is 7.13. The van der Waals surface area contributed by atoms with Crippen LogP contribution in [0.1, 0.15) is 36.3 Å². The minimum atomic E-state index is -0.199. The number of ether oxygens (including phenoxy) is 1. The minimum Gasteiger partial charge on any atom is -0.497 e. The molecule has 1 aromatic carbocycles. The van der Waals surface area contributed by atoms with Gasteiger partial charge in [-0.3, -0.25) is 9.59 Å². The third-order valence-electron chi connectivity index (χ3n) is 4.84. The van der Waals surface area contributed by atoms with Crippen molar-refractivity contribution in [2.45, 2.75) is 26.7 Å². The van der Waals surface area contributed by atoms with Crippen LogP contribution in [0.2, 0.25) is 0 Å². The number of methoxy groups -OCH3 is 1. The monoisotopic (exact) mass is 380 g/mol. The zero-order valence-corrected chi connectivity index (χ0v) is 16.3. The summed E-state index contributed by atoms with van der Waals surface area (Å²) >= 11 is 1.40. The quantitative estimate of drug-likeness (QED) is 0.734. The molecule has 0 amide bonds. The molecule has 3 aromatic rings. The molecule has 2 aromatic heterocycles. The van der Waals surface area contributed by atoms with Crippen LogP contribution in [-0.4, -0.2) is 22.9 Å². The van der Waals surface area contributed by atoms with Crippen LogP contribution in [0.4, 0.5) is 0 Å². The van der Waals surface area contributed by atoms with E-state index in [4.69, 9.17) is 4.74 Å². The van der Waals surface area contributed by atoms with Gasteiger partial charge >= 0.3 is 0 Å². The van der Waals surface area contributed by atoms with Crippen LogP contribution in [0.5, 0.6) is 5.75 Å². The molecule has 0 aliphatic heterocycles. The van der Waals surface area contributed by atoms with Crippen molar-refractivity contribution < 1.29 is 9.53 Å². The fourth-order valence-electron chi connectivity index (χ4n) is 3.48. The van der Waals surface area contributed by atoms with Crippen LogP contribution >= 0.6 is 11.3 Å². The Morgan fingerprint density at radius 3 is 2.56 bits per heavy atom. The van der Waals surface area contributed by atoms with E-state index in [1.165, 1.54) is 11.3 Å². The molecule has 2 heterocycles. The second-order valence-electron chi connectivity index (χ2n) is 7.61. The van der Waals surface area contributed by atoms with Crippen molar-refractivity contribution in [3.63, 3.8) is 0 Å². The molecule has 0 spiro atoms. The lowest BCUT2D eigenvalue weighted by Crippen LogP contribution is -2.30. The Kier molecular flexibility index (Phi) is 4.23.